The lowest BCUT2D eigenvalue weighted by Gasteiger charge is -2.37. The highest BCUT2D eigenvalue weighted by atomic mass is 35.5. The summed E-state index contributed by atoms with van der Waals surface area (Å²) in [6.07, 6.45) is 4.71. The van der Waals surface area contributed by atoms with E-state index in [1.807, 2.05) is 0 Å². The van der Waals surface area contributed by atoms with Crippen molar-refractivity contribution in [3.8, 4) is 0 Å². The fourth-order valence-electron chi connectivity index (χ4n) is 3.75. The predicted molar refractivity (Wildman–Crippen MR) is 87.5 cm³/mol. The Bertz CT molecular complexity index is 488. The van der Waals surface area contributed by atoms with Gasteiger partial charge in [-0.2, -0.15) is 0 Å². The Hall–Kier alpha value is -1.06. The van der Waals surface area contributed by atoms with E-state index < -0.39 is 0 Å². The molecule has 1 heterocycles. The molecule has 1 aromatic rings. The van der Waals surface area contributed by atoms with E-state index in [9.17, 15) is 4.79 Å². The van der Waals surface area contributed by atoms with Gasteiger partial charge in [0.25, 0.3) is 0 Å². The number of carbonyl (C=O) groups is 1. The summed E-state index contributed by atoms with van der Waals surface area (Å²) in [6, 6.07) is 8.39. The van der Waals surface area contributed by atoms with E-state index >= 15 is 0 Å². The van der Waals surface area contributed by atoms with Crippen molar-refractivity contribution in [2.45, 2.75) is 39.2 Å². The molecule has 1 amide bonds. The van der Waals surface area contributed by atoms with E-state index in [0.717, 1.165) is 19.5 Å². The number of halogens is 1. The van der Waals surface area contributed by atoms with Crippen LogP contribution in [0.5, 0.6) is 0 Å². The van der Waals surface area contributed by atoms with E-state index in [0.29, 0.717) is 12.5 Å². The molecule has 3 nitrogen and oxygen atoms in total. The molecule has 2 aliphatic rings. The minimum absolute atomic E-state index is 0. The maximum Gasteiger partial charge on any atom is 0.228 e. The third-order valence-corrected chi connectivity index (χ3v) is 5.06. The summed E-state index contributed by atoms with van der Waals surface area (Å²) in [5.74, 6) is 0.794. The third kappa shape index (κ3) is 3.24. The van der Waals surface area contributed by atoms with Crippen molar-refractivity contribution in [2.24, 2.45) is 11.3 Å². The number of benzene rings is 1. The van der Waals surface area contributed by atoms with Gasteiger partial charge in [0.2, 0.25) is 5.91 Å². The number of fused-ring (bicyclic) bond motifs is 1. The van der Waals surface area contributed by atoms with Crippen LogP contribution in [0.25, 0.3) is 0 Å². The molecular weight excluding hydrogens is 284 g/mol. The van der Waals surface area contributed by atoms with Gasteiger partial charge in [0.1, 0.15) is 0 Å². The topological polar surface area (TPSA) is 41.1 Å². The zero-order valence-electron chi connectivity index (χ0n) is 12.7. The number of carbonyl (C=O) groups excluding carboxylic acids is 1. The molecule has 1 aromatic carbocycles. The van der Waals surface area contributed by atoms with Crippen molar-refractivity contribution in [1.82, 2.24) is 10.6 Å². The molecule has 21 heavy (non-hydrogen) atoms. The lowest BCUT2D eigenvalue weighted by molar-refractivity contribution is -0.134. The van der Waals surface area contributed by atoms with Crippen LogP contribution >= 0.6 is 12.4 Å². The molecule has 0 bridgehead atoms. The Morgan fingerprint density at radius 3 is 2.86 bits per heavy atom. The molecule has 1 aliphatic carbocycles. The molecule has 0 unspecified atom stereocenters. The highest BCUT2D eigenvalue weighted by molar-refractivity contribution is 5.85. The summed E-state index contributed by atoms with van der Waals surface area (Å²) >= 11 is 0. The minimum Gasteiger partial charge on any atom is -0.351 e. The molecule has 2 fully saturated rings. The largest absolute Gasteiger partial charge is 0.351 e. The fourth-order valence-corrected chi connectivity index (χ4v) is 3.75. The first-order valence-electron chi connectivity index (χ1n) is 7.75. The van der Waals surface area contributed by atoms with Gasteiger partial charge in [-0.3, -0.25) is 4.79 Å². The van der Waals surface area contributed by atoms with E-state index in [-0.39, 0.29) is 23.7 Å². The van der Waals surface area contributed by atoms with Gasteiger partial charge >= 0.3 is 0 Å². The molecule has 0 radical (unpaired) electrons. The first-order chi connectivity index (χ1) is 9.71. The number of hydrogen-bond acceptors (Lipinski definition) is 2. The molecule has 1 saturated heterocycles. The fraction of sp³-hybridized carbons (Fsp3) is 0.588. The number of aryl methyl sites for hydroxylation is 1. The van der Waals surface area contributed by atoms with Crippen molar-refractivity contribution in [3.05, 3.63) is 35.4 Å². The van der Waals surface area contributed by atoms with Crippen LogP contribution in [0.2, 0.25) is 0 Å². The summed E-state index contributed by atoms with van der Waals surface area (Å²) in [5, 5.41) is 6.60. The van der Waals surface area contributed by atoms with Gasteiger partial charge in [-0.05, 0) is 37.8 Å². The number of amides is 1. The van der Waals surface area contributed by atoms with Crippen molar-refractivity contribution >= 4 is 18.3 Å². The Labute approximate surface area is 133 Å². The third-order valence-electron chi connectivity index (χ3n) is 5.06. The molecule has 0 aromatic heterocycles. The molecular formula is C17H25ClN2O. The highest BCUT2D eigenvalue weighted by Gasteiger charge is 2.49. The maximum atomic E-state index is 12.7. The van der Waals surface area contributed by atoms with Crippen LogP contribution in [0.3, 0.4) is 0 Å². The molecule has 0 spiro atoms. The summed E-state index contributed by atoms with van der Waals surface area (Å²) < 4.78 is 0. The molecule has 1 saturated carbocycles. The van der Waals surface area contributed by atoms with Crippen LogP contribution in [-0.4, -0.2) is 19.0 Å². The zero-order valence-corrected chi connectivity index (χ0v) is 13.5. The maximum absolute atomic E-state index is 12.7. The SMILES string of the molecule is Cc1ccc(CNC(=O)[C@@]23CCCC[C@H]2CNC3)cc1.Cl. The second-order valence-electron chi connectivity index (χ2n) is 6.40. The van der Waals surface area contributed by atoms with Crippen LogP contribution in [-0.2, 0) is 11.3 Å². The van der Waals surface area contributed by atoms with Crippen molar-refractivity contribution < 1.29 is 4.79 Å². The van der Waals surface area contributed by atoms with Crippen LogP contribution in [0.4, 0.5) is 0 Å². The van der Waals surface area contributed by atoms with E-state index in [1.165, 1.54) is 30.4 Å². The summed E-state index contributed by atoms with van der Waals surface area (Å²) in [5.41, 5.74) is 2.30. The van der Waals surface area contributed by atoms with Gasteiger partial charge in [0, 0.05) is 13.1 Å². The average molecular weight is 309 g/mol. The smallest absolute Gasteiger partial charge is 0.228 e. The first kappa shape index (κ1) is 16.3. The normalized spacial score (nSPS) is 27.6. The van der Waals surface area contributed by atoms with E-state index in [1.54, 1.807) is 0 Å². The number of nitrogens with one attached hydrogen (secondary N) is 2. The molecule has 2 N–H and O–H groups in total. The second-order valence-corrected chi connectivity index (χ2v) is 6.40. The van der Waals surface area contributed by atoms with Crippen LogP contribution in [0, 0.1) is 18.3 Å². The van der Waals surface area contributed by atoms with E-state index in [4.69, 9.17) is 0 Å². The standard InChI is InChI=1S/C17H24N2O.ClH/c1-13-5-7-14(8-6-13)10-19-16(20)17-9-3-2-4-15(17)11-18-12-17;/h5-8,15,18H,2-4,9-12H2,1H3,(H,19,20);1H/t15-,17+;/m0./s1. The van der Waals surface area contributed by atoms with Crippen LogP contribution in [0.1, 0.15) is 36.8 Å². The van der Waals surface area contributed by atoms with Gasteiger partial charge in [-0.15, -0.1) is 12.4 Å². The van der Waals surface area contributed by atoms with Gasteiger partial charge in [0.05, 0.1) is 5.41 Å². The number of hydrogen-bond donors (Lipinski definition) is 2. The Kier molecular flexibility index (Phi) is 5.28. The quantitative estimate of drug-likeness (QED) is 0.901. The van der Waals surface area contributed by atoms with Crippen LogP contribution < -0.4 is 10.6 Å². The Balaban J connectivity index is 0.00000161. The van der Waals surface area contributed by atoms with Crippen molar-refractivity contribution in [1.29, 1.82) is 0 Å². The molecule has 2 atom stereocenters. The average Bonchev–Trinajstić information content (AvgIpc) is 2.91. The van der Waals surface area contributed by atoms with Crippen LogP contribution in [0.15, 0.2) is 24.3 Å². The van der Waals surface area contributed by atoms with E-state index in [2.05, 4.69) is 41.8 Å². The Morgan fingerprint density at radius 2 is 2.10 bits per heavy atom. The van der Waals surface area contributed by atoms with Crippen molar-refractivity contribution in [3.63, 3.8) is 0 Å². The highest BCUT2D eigenvalue weighted by Crippen LogP contribution is 2.43. The molecule has 4 heteroatoms. The van der Waals surface area contributed by atoms with Gasteiger partial charge in [0.15, 0.2) is 0 Å². The zero-order chi connectivity index (χ0) is 14.0. The minimum atomic E-state index is -0.136. The Morgan fingerprint density at radius 1 is 1.33 bits per heavy atom. The lowest BCUT2D eigenvalue weighted by atomic mass is 9.67. The van der Waals surface area contributed by atoms with Crippen molar-refractivity contribution in [2.75, 3.05) is 13.1 Å². The van der Waals surface area contributed by atoms with Gasteiger partial charge in [-0.25, -0.2) is 0 Å². The molecule has 116 valence electrons. The first-order valence-corrected chi connectivity index (χ1v) is 7.75. The summed E-state index contributed by atoms with van der Waals surface area (Å²) in [7, 11) is 0. The number of rotatable bonds is 3. The second kappa shape index (κ2) is 6.80. The molecule has 1 aliphatic heterocycles. The summed E-state index contributed by atoms with van der Waals surface area (Å²) in [4.78, 5) is 12.7. The lowest BCUT2D eigenvalue weighted by Crippen LogP contribution is -2.47. The van der Waals surface area contributed by atoms with Gasteiger partial charge < -0.3 is 10.6 Å². The predicted octanol–water partition coefficient (Wildman–Crippen LogP) is 2.81. The summed E-state index contributed by atoms with van der Waals surface area (Å²) in [6.45, 7) is 4.60. The van der Waals surface area contributed by atoms with Gasteiger partial charge in [-0.1, -0.05) is 42.7 Å². The molecule has 3 rings (SSSR count). The monoisotopic (exact) mass is 308 g/mol.